The lowest BCUT2D eigenvalue weighted by atomic mass is 10.1. The van der Waals surface area contributed by atoms with Gasteiger partial charge < -0.3 is 10.4 Å². The molecule has 0 radical (unpaired) electrons. The zero-order chi connectivity index (χ0) is 11.3. The minimum atomic E-state index is -0.231. The van der Waals surface area contributed by atoms with E-state index in [4.69, 9.17) is 0 Å². The zero-order valence-electron chi connectivity index (χ0n) is 9.77. The van der Waals surface area contributed by atoms with Crippen LogP contribution in [0.2, 0.25) is 0 Å². The van der Waals surface area contributed by atoms with E-state index in [9.17, 15) is 5.11 Å². The Morgan fingerprint density at radius 2 is 2.27 bits per heavy atom. The molecule has 1 heterocycles. The number of aromatic nitrogens is 2. The van der Waals surface area contributed by atoms with E-state index in [0.717, 1.165) is 19.4 Å². The summed E-state index contributed by atoms with van der Waals surface area (Å²) in [7, 11) is 1.92. The van der Waals surface area contributed by atoms with Gasteiger partial charge in [-0.25, -0.2) is 0 Å². The summed E-state index contributed by atoms with van der Waals surface area (Å²) < 4.78 is 1.81. The minimum Gasteiger partial charge on any atom is -0.393 e. The Balaban J connectivity index is 2.16. The Morgan fingerprint density at radius 3 is 2.80 bits per heavy atom. The third-order valence-electron chi connectivity index (χ3n) is 2.36. The number of hydrogen-bond acceptors (Lipinski definition) is 3. The Bertz CT molecular complexity index is 283. The fourth-order valence-electron chi connectivity index (χ4n) is 1.66. The van der Waals surface area contributed by atoms with Crippen LogP contribution >= 0.6 is 0 Å². The van der Waals surface area contributed by atoms with Crippen molar-refractivity contribution in [3.05, 3.63) is 18.0 Å². The largest absolute Gasteiger partial charge is 0.393 e. The highest BCUT2D eigenvalue weighted by atomic mass is 16.3. The van der Waals surface area contributed by atoms with Crippen molar-refractivity contribution >= 4 is 0 Å². The standard InChI is InChI=1S/C11H21N3O/c1-9(6-10(2)15)12-5-4-11-7-13-14(3)8-11/h7-10,12,15H,4-6H2,1-3H3. The number of aliphatic hydroxyl groups is 1. The Kier molecular flexibility index (Phi) is 4.78. The topological polar surface area (TPSA) is 50.1 Å². The number of aryl methyl sites for hydroxylation is 1. The van der Waals surface area contributed by atoms with Gasteiger partial charge in [-0.1, -0.05) is 0 Å². The highest BCUT2D eigenvalue weighted by Gasteiger charge is 2.05. The van der Waals surface area contributed by atoms with Crippen molar-refractivity contribution in [2.75, 3.05) is 6.54 Å². The van der Waals surface area contributed by atoms with E-state index in [0.29, 0.717) is 6.04 Å². The van der Waals surface area contributed by atoms with Crippen LogP contribution in [0.5, 0.6) is 0 Å². The number of nitrogens with zero attached hydrogens (tertiary/aromatic N) is 2. The van der Waals surface area contributed by atoms with Crippen molar-refractivity contribution in [2.24, 2.45) is 7.05 Å². The van der Waals surface area contributed by atoms with Gasteiger partial charge in [-0.3, -0.25) is 4.68 Å². The second-order valence-corrected chi connectivity index (χ2v) is 4.21. The van der Waals surface area contributed by atoms with E-state index < -0.39 is 0 Å². The second kappa shape index (κ2) is 5.88. The maximum Gasteiger partial charge on any atom is 0.0526 e. The lowest BCUT2D eigenvalue weighted by Crippen LogP contribution is -2.30. The Morgan fingerprint density at radius 1 is 1.53 bits per heavy atom. The molecule has 2 N–H and O–H groups in total. The maximum absolute atomic E-state index is 9.19. The molecule has 4 heteroatoms. The SMILES string of the molecule is CC(O)CC(C)NCCc1cnn(C)c1. The van der Waals surface area contributed by atoms with Crippen molar-refractivity contribution in [1.82, 2.24) is 15.1 Å². The average molecular weight is 211 g/mol. The third kappa shape index (κ3) is 4.95. The first-order valence-corrected chi connectivity index (χ1v) is 5.47. The molecule has 86 valence electrons. The summed E-state index contributed by atoms with van der Waals surface area (Å²) in [5.74, 6) is 0. The number of hydrogen-bond donors (Lipinski definition) is 2. The molecule has 0 saturated carbocycles. The fraction of sp³-hybridized carbons (Fsp3) is 0.727. The van der Waals surface area contributed by atoms with E-state index in [1.54, 1.807) is 0 Å². The molecule has 4 nitrogen and oxygen atoms in total. The first-order valence-electron chi connectivity index (χ1n) is 5.47. The highest BCUT2D eigenvalue weighted by molar-refractivity contribution is 5.03. The van der Waals surface area contributed by atoms with Crippen LogP contribution in [0.25, 0.3) is 0 Å². The quantitative estimate of drug-likeness (QED) is 0.728. The van der Waals surface area contributed by atoms with Gasteiger partial charge in [0.1, 0.15) is 0 Å². The predicted molar refractivity (Wildman–Crippen MR) is 60.7 cm³/mol. The van der Waals surface area contributed by atoms with E-state index in [1.807, 2.05) is 31.0 Å². The van der Waals surface area contributed by atoms with Crippen LogP contribution in [0.3, 0.4) is 0 Å². The van der Waals surface area contributed by atoms with Crippen LogP contribution in [0, 0.1) is 0 Å². The Labute approximate surface area is 91.3 Å². The smallest absolute Gasteiger partial charge is 0.0526 e. The molecule has 0 saturated heterocycles. The van der Waals surface area contributed by atoms with Gasteiger partial charge in [0.05, 0.1) is 12.3 Å². The van der Waals surface area contributed by atoms with Crippen LogP contribution in [0.1, 0.15) is 25.8 Å². The number of rotatable bonds is 6. The van der Waals surface area contributed by atoms with Crippen molar-refractivity contribution in [3.8, 4) is 0 Å². The van der Waals surface area contributed by atoms with Gasteiger partial charge in [0, 0.05) is 19.3 Å². The summed E-state index contributed by atoms with van der Waals surface area (Å²) in [6.07, 6.45) is 5.47. The average Bonchev–Trinajstić information content (AvgIpc) is 2.50. The molecule has 0 aliphatic rings. The van der Waals surface area contributed by atoms with Crippen molar-refractivity contribution in [2.45, 2.75) is 38.8 Å². The van der Waals surface area contributed by atoms with Crippen LogP contribution in [-0.4, -0.2) is 33.6 Å². The van der Waals surface area contributed by atoms with Gasteiger partial charge in [0.25, 0.3) is 0 Å². The van der Waals surface area contributed by atoms with E-state index >= 15 is 0 Å². The summed E-state index contributed by atoms with van der Waals surface area (Å²) in [4.78, 5) is 0. The van der Waals surface area contributed by atoms with Gasteiger partial charge in [0.2, 0.25) is 0 Å². The van der Waals surface area contributed by atoms with Crippen molar-refractivity contribution < 1.29 is 5.11 Å². The summed E-state index contributed by atoms with van der Waals surface area (Å²) in [5, 5.41) is 16.7. The maximum atomic E-state index is 9.19. The number of aliphatic hydroxyl groups excluding tert-OH is 1. The molecule has 0 fully saturated rings. The van der Waals surface area contributed by atoms with Crippen LogP contribution in [0.15, 0.2) is 12.4 Å². The molecule has 0 aliphatic heterocycles. The fourth-order valence-corrected chi connectivity index (χ4v) is 1.66. The molecule has 1 aromatic heterocycles. The molecular weight excluding hydrogens is 190 g/mol. The minimum absolute atomic E-state index is 0.231. The molecule has 1 rings (SSSR count). The van der Waals surface area contributed by atoms with Gasteiger partial charge in [-0.05, 0) is 38.8 Å². The van der Waals surface area contributed by atoms with Crippen molar-refractivity contribution in [3.63, 3.8) is 0 Å². The van der Waals surface area contributed by atoms with Gasteiger partial charge in [0.15, 0.2) is 0 Å². The summed E-state index contributed by atoms with van der Waals surface area (Å²) in [6.45, 7) is 4.84. The molecule has 0 aromatic carbocycles. The summed E-state index contributed by atoms with van der Waals surface area (Å²) >= 11 is 0. The zero-order valence-corrected chi connectivity index (χ0v) is 9.77. The second-order valence-electron chi connectivity index (χ2n) is 4.21. The molecule has 15 heavy (non-hydrogen) atoms. The van der Waals surface area contributed by atoms with E-state index in [2.05, 4.69) is 17.3 Å². The molecule has 0 bridgehead atoms. The van der Waals surface area contributed by atoms with E-state index in [1.165, 1.54) is 5.56 Å². The first kappa shape index (κ1) is 12.2. The van der Waals surface area contributed by atoms with Gasteiger partial charge in [-0.2, -0.15) is 5.10 Å². The molecule has 2 atom stereocenters. The Hall–Kier alpha value is -0.870. The lowest BCUT2D eigenvalue weighted by Gasteiger charge is -2.14. The third-order valence-corrected chi connectivity index (χ3v) is 2.36. The molecule has 0 aliphatic carbocycles. The molecule has 0 amide bonds. The molecule has 2 unspecified atom stereocenters. The van der Waals surface area contributed by atoms with Crippen molar-refractivity contribution in [1.29, 1.82) is 0 Å². The van der Waals surface area contributed by atoms with Crippen LogP contribution in [0.4, 0.5) is 0 Å². The monoisotopic (exact) mass is 211 g/mol. The lowest BCUT2D eigenvalue weighted by molar-refractivity contribution is 0.171. The highest BCUT2D eigenvalue weighted by Crippen LogP contribution is 1.99. The number of nitrogens with one attached hydrogen (secondary N) is 1. The van der Waals surface area contributed by atoms with E-state index in [-0.39, 0.29) is 6.10 Å². The van der Waals surface area contributed by atoms with Gasteiger partial charge in [-0.15, -0.1) is 0 Å². The molecule has 1 aromatic rings. The predicted octanol–water partition coefficient (Wildman–Crippen LogP) is 0.712. The van der Waals surface area contributed by atoms with Crippen LogP contribution < -0.4 is 5.32 Å². The first-order chi connectivity index (χ1) is 7.08. The molecule has 0 spiro atoms. The normalized spacial score (nSPS) is 15.2. The summed E-state index contributed by atoms with van der Waals surface area (Å²) in [6, 6.07) is 0.363. The van der Waals surface area contributed by atoms with Gasteiger partial charge >= 0.3 is 0 Å². The summed E-state index contributed by atoms with van der Waals surface area (Å²) in [5.41, 5.74) is 1.24. The van der Waals surface area contributed by atoms with Crippen LogP contribution in [-0.2, 0) is 13.5 Å². The molecular formula is C11H21N3O.